The van der Waals surface area contributed by atoms with Crippen molar-refractivity contribution in [1.82, 2.24) is 14.5 Å². The number of carbonyl (C=O) groups is 1. The zero-order valence-corrected chi connectivity index (χ0v) is 24.0. The third kappa shape index (κ3) is 8.48. The van der Waals surface area contributed by atoms with Crippen molar-refractivity contribution < 1.29 is 22.7 Å². The Hall–Kier alpha value is -4.05. The number of benzene rings is 3. The topological polar surface area (TPSA) is 71.4 Å². The van der Waals surface area contributed by atoms with Gasteiger partial charge in [-0.25, -0.2) is 4.98 Å². The van der Waals surface area contributed by atoms with E-state index in [1.54, 1.807) is 12.1 Å². The predicted octanol–water partition coefficient (Wildman–Crippen LogP) is 7.26. The van der Waals surface area contributed by atoms with Crippen molar-refractivity contribution in [2.24, 2.45) is 0 Å². The molecule has 10 heteroatoms. The summed E-state index contributed by atoms with van der Waals surface area (Å²) in [5.41, 5.74) is 4.76. The lowest BCUT2D eigenvalue weighted by molar-refractivity contribution is -0.274. The molecule has 42 heavy (non-hydrogen) atoms. The number of para-hydroxylation sites is 2. The summed E-state index contributed by atoms with van der Waals surface area (Å²) < 4.78 is 43.6. The molecule has 0 spiro atoms. The summed E-state index contributed by atoms with van der Waals surface area (Å²) in [5, 5.41) is 6.21. The monoisotopic (exact) mass is 581 g/mol. The molecule has 1 aliphatic heterocycles. The van der Waals surface area contributed by atoms with E-state index in [1.807, 2.05) is 54.8 Å². The van der Waals surface area contributed by atoms with Gasteiger partial charge in [0.15, 0.2) is 0 Å². The van der Waals surface area contributed by atoms with E-state index in [0.29, 0.717) is 18.9 Å². The first-order valence-electron chi connectivity index (χ1n) is 14.4. The summed E-state index contributed by atoms with van der Waals surface area (Å²) in [5.74, 6) is 0.994. The average Bonchev–Trinajstić information content (AvgIpc) is 3.34. The van der Waals surface area contributed by atoms with Crippen LogP contribution in [0, 0.1) is 0 Å². The lowest BCUT2D eigenvalue weighted by Crippen LogP contribution is -2.34. The smallest absolute Gasteiger partial charge is 0.406 e. The van der Waals surface area contributed by atoms with Crippen LogP contribution in [0.2, 0.25) is 0 Å². The molecule has 224 valence electrons. The van der Waals surface area contributed by atoms with E-state index in [0.717, 1.165) is 73.7 Å². The summed E-state index contributed by atoms with van der Waals surface area (Å²) >= 11 is 0. The Bertz CT molecular complexity index is 1410. The molecular weight excluding hydrogens is 543 g/mol. The molecule has 7 nitrogen and oxygen atoms in total. The highest BCUT2D eigenvalue weighted by molar-refractivity contribution is 5.78. The van der Waals surface area contributed by atoms with Crippen LogP contribution < -0.4 is 15.4 Å². The SMILES string of the molecule is CC.O=CNc1cccc(C2CCN(CCCNc3nc4ccccc4n3Cc3ccc(OC(F)(F)F)cc3)CC2)c1. The quantitative estimate of drug-likeness (QED) is 0.144. The van der Waals surface area contributed by atoms with Gasteiger partial charge in [0.25, 0.3) is 0 Å². The van der Waals surface area contributed by atoms with Crippen molar-refractivity contribution in [2.75, 3.05) is 36.8 Å². The molecule has 0 bridgehead atoms. The van der Waals surface area contributed by atoms with Gasteiger partial charge in [-0.15, -0.1) is 13.2 Å². The number of ether oxygens (including phenoxy) is 1. The number of aromatic nitrogens is 2. The molecule has 1 aromatic heterocycles. The first-order chi connectivity index (χ1) is 20.4. The van der Waals surface area contributed by atoms with E-state index in [9.17, 15) is 18.0 Å². The molecule has 2 N–H and O–H groups in total. The molecule has 5 rings (SSSR count). The van der Waals surface area contributed by atoms with E-state index in [2.05, 4.69) is 32.4 Å². The standard InChI is InChI=1S/C30H32F3N5O2.C2H6/c31-30(32,33)40-26-11-9-22(10-12-26)20-38-28-8-2-1-7-27(28)36-29(38)34-15-4-16-37-17-13-23(14-18-37)24-5-3-6-25(19-24)35-21-39;1-2/h1-3,5-12,19,21,23H,4,13-18,20H2,(H,34,36)(H,35,39);1-2H3. The molecule has 1 aliphatic rings. The van der Waals surface area contributed by atoms with Gasteiger partial charge in [0.2, 0.25) is 12.4 Å². The van der Waals surface area contributed by atoms with Gasteiger partial charge in [0.05, 0.1) is 17.6 Å². The van der Waals surface area contributed by atoms with Gasteiger partial charge in [0, 0.05) is 12.2 Å². The van der Waals surface area contributed by atoms with Crippen LogP contribution >= 0.6 is 0 Å². The predicted molar refractivity (Wildman–Crippen MR) is 161 cm³/mol. The third-order valence-electron chi connectivity index (χ3n) is 7.26. The number of nitrogens with zero attached hydrogens (tertiary/aromatic N) is 3. The number of rotatable bonds is 11. The maximum Gasteiger partial charge on any atom is 0.573 e. The van der Waals surface area contributed by atoms with E-state index < -0.39 is 6.36 Å². The van der Waals surface area contributed by atoms with Gasteiger partial charge < -0.3 is 24.8 Å². The number of alkyl halides is 3. The Labute approximate surface area is 244 Å². The number of fused-ring (bicyclic) bond motifs is 1. The van der Waals surface area contributed by atoms with E-state index in [4.69, 9.17) is 4.98 Å². The number of hydrogen-bond acceptors (Lipinski definition) is 5. The van der Waals surface area contributed by atoms with Crippen LogP contribution in [0.4, 0.5) is 24.8 Å². The molecule has 4 aromatic rings. The van der Waals surface area contributed by atoms with Crippen molar-refractivity contribution in [2.45, 2.75) is 51.9 Å². The maximum absolute atomic E-state index is 12.5. The van der Waals surface area contributed by atoms with Crippen molar-refractivity contribution >= 4 is 29.1 Å². The number of nitrogens with one attached hydrogen (secondary N) is 2. The molecular formula is C32H38F3N5O2. The average molecular weight is 582 g/mol. The van der Waals surface area contributed by atoms with Crippen molar-refractivity contribution in [3.05, 3.63) is 83.9 Å². The summed E-state index contributed by atoms with van der Waals surface area (Å²) in [6.45, 7) is 8.26. The zero-order valence-electron chi connectivity index (χ0n) is 24.0. The van der Waals surface area contributed by atoms with Crippen LogP contribution in [-0.2, 0) is 11.3 Å². The number of carbonyl (C=O) groups excluding carboxylic acids is 1. The fourth-order valence-corrected chi connectivity index (χ4v) is 5.29. The first-order valence-corrected chi connectivity index (χ1v) is 14.4. The lowest BCUT2D eigenvalue weighted by atomic mass is 9.89. The molecule has 1 amide bonds. The van der Waals surface area contributed by atoms with Crippen molar-refractivity contribution in [3.8, 4) is 5.75 Å². The second kappa shape index (κ2) is 14.7. The van der Waals surface area contributed by atoms with Crippen LogP contribution in [0.5, 0.6) is 5.75 Å². The Morgan fingerprint density at radius 1 is 1.00 bits per heavy atom. The second-order valence-corrected chi connectivity index (χ2v) is 9.99. The van der Waals surface area contributed by atoms with Crippen LogP contribution in [0.1, 0.15) is 50.2 Å². The zero-order chi connectivity index (χ0) is 30.0. The number of likely N-dealkylation sites (tertiary alicyclic amines) is 1. The maximum atomic E-state index is 12.5. The number of halogens is 3. The number of hydrogen-bond donors (Lipinski definition) is 2. The minimum absolute atomic E-state index is 0.238. The second-order valence-electron chi connectivity index (χ2n) is 9.99. The molecule has 1 saturated heterocycles. The van der Waals surface area contributed by atoms with Gasteiger partial charge in [-0.2, -0.15) is 0 Å². The third-order valence-corrected chi connectivity index (χ3v) is 7.26. The molecule has 2 heterocycles. The normalized spacial score (nSPS) is 14.2. The van der Waals surface area contributed by atoms with E-state index in [1.165, 1.54) is 17.7 Å². The van der Waals surface area contributed by atoms with Gasteiger partial charge in [-0.1, -0.05) is 50.2 Å². The largest absolute Gasteiger partial charge is 0.573 e. The van der Waals surface area contributed by atoms with Crippen molar-refractivity contribution in [3.63, 3.8) is 0 Å². The lowest BCUT2D eigenvalue weighted by Gasteiger charge is -2.32. The minimum Gasteiger partial charge on any atom is -0.406 e. The number of amides is 1. The Kier molecular flexibility index (Phi) is 10.8. The molecule has 3 aromatic carbocycles. The Balaban J connectivity index is 0.00000198. The summed E-state index contributed by atoms with van der Waals surface area (Å²) in [7, 11) is 0. The van der Waals surface area contributed by atoms with Crippen molar-refractivity contribution in [1.29, 1.82) is 0 Å². The number of piperidine rings is 1. The first kappa shape index (κ1) is 30.9. The van der Waals surface area contributed by atoms with Gasteiger partial charge in [0.1, 0.15) is 5.75 Å². The Morgan fingerprint density at radius 2 is 1.74 bits per heavy atom. The van der Waals surface area contributed by atoms with Gasteiger partial charge >= 0.3 is 6.36 Å². The highest BCUT2D eigenvalue weighted by Gasteiger charge is 2.31. The highest BCUT2D eigenvalue weighted by atomic mass is 19.4. The number of imidazole rings is 1. The molecule has 0 unspecified atom stereocenters. The summed E-state index contributed by atoms with van der Waals surface area (Å²) in [6, 6.07) is 21.8. The van der Waals surface area contributed by atoms with Gasteiger partial charge in [-0.05, 0) is 92.3 Å². The highest BCUT2D eigenvalue weighted by Crippen LogP contribution is 2.30. The van der Waals surface area contributed by atoms with E-state index in [-0.39, 0.29) is 5.75 Å². The summed E-state index contributed by atoms with van der Waals surface area (Å²) in [4.78, 5) is 18.0. The molecule has 0 atom stereocenters. The summed E-state index contributed by atoms with van der Waals surface area (Å²) in [6.07, 6.45) is -0.882. The van der Waals surface area contributed by atoms with Crippen LogP contribution in [0.25, 0.3) is 11.0 Å². The molecule has 0 aliphatic carbocycles. The Morgan fingerprint density at radius 3 is 2.45 bits per heavy atom. The van der Waals surface area contributed by atoms with Gasteiger partial charge in [-0.3, -0.25) is 4.79 Å². The fraction of sp³-hybridized carbons (Fsp3) is 0.375. The molecule has 0 radical (unpaired) electrons. The number of anilines is 2. The molecule has 1 fully saturated rings. The minimum atomic E-state index is -4.71. The van der Waals surface area contributed by atoms with Crippen LogP contribution in [0.3, 0.4) is 0 Å². The molecule has 0 saturated carbocycles. The fourth-order valence-electron chi connectivity index (χ4n) is 5.29. The van der Waals surface area contributed by atoms with Crippen LogP contribution in [0.15, 0.2) is 72.8 Å². The van der Waals surface area contributed by atoms with Crippen LogP contribution in [-0.4, -0.2) is 53.4 Å². The van der Waals surface area contributed by atoms with E-state index >= 15 is 0 Å².